The molecule has 1 aliphatic carbocycles. The summed E-state index contributed by atoms with van der Waals surface area (Å²) in [5.41, 5.74) is 0. The van der Waals surface area contributed by atoms with Gasteiger partial charge in [0.15, 0.2) is 0 Å². The highest BCUT2D eigenvalue weighted by atomic mass is 31.1. The molecule has 1 aliphatic rings. The summed E-state index contributed by atoms with van der Waals surface area (Å²) in [4.78, 5) is 0. The van der Waals surface area contributed by atoms with E-state index in [-0.39, 0.29) is 0 Å². The summed E-state index contributed by atoms with van der Waals surface area (Å²) in [5, 5.41) is 0. The van der Waals surface area contributed by atoms with Gasteiger partial charge in [0, 0.05) is 0 Å². The third-order valence-electron chi connectivity index (χ3n) is 2.33. The minimum atomic E-state index is 0.428. The highest BCUT2D eigenvalue weighted by Crippen LogP contribution is 2.39. The fourth-order valence-electron chi connectivity index (χ4n) is 1.25. The van der Waals surface area contributed by atoms with Crippen molar-refractivity contribution in [2.75, 3.05) is 19.0 Å². The van der Waals surface area contributed by atoms with Crippen molar-refractivity contribution < 1.29 is 0 Å². The van der Waals surface area contributed by atoms with E-state index in [1.165, 1.54) is 25.4 Å². The Labute approximate surface area is 59.8 Å². The van der Waals surface area contributed by atoms with Crippen molar-refractivity contribution in [2.24, 2.45) is 5.92 Å². The zero-order chi connectivity index (χ0) is 6.69. The first-order chi connectivity index (χ1) is 4.33. The normalized spacial score (nSPS) is 23.3. The standard InChI is InChI=1S/C8H17P/c1-3-9(2)7-8-5-4-6-8/h8H,3-7H2,1-2H3. The van der Waals surface area contributed by atoms with Crippen molar-refractivity contribution in [1.29, 1.82) is 0 Å². The average molecular weight is 144 g/mol. The number of hydrogen-bond acceptors (Lipinski definition) is 0. The highest BCUT2D eigenvalue weighted by molar-refractivity contribution is 7.56. The van der Waals surface area contributed by atoms with Gasteiger partial charge >= 0.3 is 0 Å². The molecule has 1 atom stereocenters. The van der Waals surface area contributed by atoms with Crippen LogP contribution in [0.1, 0.15) is 26.2 Å². The third kappa shape index (κ3) is 2.26. The minimum Gasteiger partial charge on any atom is -0.110 e. The maximum atomic E-state index is 2.44. The molecule has 0 nitrogen and oxygen atoms in total. The van der Waals surface area contributed by atoms with Gasteiger partial charge in [-0.3, -0.25) is 0 Å². The van der Waals surface area contributed by atoms with E-state index in [0.29, 0.717) is 7.92 Å². The summed E-state index contributed by atoms with van der Waals surface area (Å²) >= 11 is 0. The van der Waals surface area contributed by atoms with Crippen molar-refractivity contribution in [3.63, 3.8) is 0 Å². The molecule has 0 aromatic carbocycles. The van der Waals surface area contributed by atoms with Gasteiger partial charge in [0.25, 0.3) is 0 Å². The minimum absolute atomic E-state index is 0.428. The second-order valence-corrected chi connectivity index (χ2v) is 5.86. The van der Waals surface area contributed by atoms with E-state index in [2.05, 4.69) is 13.6 Å². The van der Waals surface area contributed by atoms with E-state index in [0.717, 1.165) is 5.92 Å². The predicted molar refractivity (Wildman–Crippen MR) is 45.6 cm³/mol. The SMILES string of the molecule is CCP(C)CC1CCC1. The number of rotatable bonds is 3. The van der Waals surface area contributed by atoms with Crippen molar-refractivity contribution >= 4 is 7.92 Å². The van der Waals surface area contributed by atoms with E-state index in [1.54, 1.807) is 6.16 Å². The molecule has 0 spiro atoms. The fourth-order valence-corrected chi connectivity index (χ4v) is 2.75. The molecule has 54 valence electrons. The summed E-state index contributed by atoms with van der Waals surface area (Å²) < 4.78 is 0. The van der Waals surface area contributed by atoms with Crippen LogP contribution in [0.5, 0.6) is 0 Å². The van der Waals surface area contributed by atoms with Crippen molar-refractivity contribution in [3.8, 4) is 0 Å². The Hall–Kier alpha value is 0.430. The predicted octanol–water partition coefficient (Wildman–Crippen LogP) is 2.92. The van der Waals surface area contributed by atoms with Crippen LogP contribution in [-0.4, -0.2) is 19.0 Å². The number of hydrogen-bond donors (Lipinski definition) is 0. The van der Waals surface area contributed by atoms with Crippen LogP contribution in [0.4, 0.5) is 0 Å². The first-order valence-electron chi connectivity index (χ1n) is 4.01. The molecule has 0 aromatic rings. The third-order valence-corrected chi connectivity index (χ3v) is 4.55. The lowest BCUT2D eigenvalue weighted by atomic mass is 9.87. The summed E-state index contributed by atoms with van der Waals surface area (Å²) in [5.74, 6) is 1.14. The molecule has 1 unspecified atom stereocenters. The lowest BCUT2D eigenvalue weighted by Gasteiger charge is -2.27. The van der Waals surface area contributed by atoms with Crippen LogP contribution < -0.4 is 0 Å². The largest absolute Gasteiger partial charge is 0.110 e. The first-order valence-corrected chi connectivity index (χ1v) is 6.17. The fraction of sp³-hybridized carbons (Fsp3) is 1.00. The highest BCUT2D eigenvalue weighted by Gasteiger charge is 2.18. The molecule has 1 rings (SSSR count). The molecule has 0 radical (unpaired) electrons. The smallest absolute Gasteiger partial charge is 0.0300 e. The van der Waals surface area contributed by atoms with Gasteiger partial charge in [-0.25, -0.2) is 0 Å². The lowest BCUT2D eigenvalue weighted by Crippen LogP contribution is -2.14. The van der Waals surface area contributed by atoms with Crippen molar-refractivity contribution in [1.82, 2.24) is 0 Å². The Morgan fingerprint density at radius 1 is 1.44 bits per heavy atom. The molecule has 0 saturated heterocycles. The second kappa shape index (κ2) is 3.56. The van der Waals surface area contributed by atoms with Gasteiger partial charge in [-0.05, 0) is 24.9 Å². The monoisotopic (exact) mass is 144 g/mol. The quantitative estimate of drug-likeness (QED) is 0.534. The van der Waals surface area contributed by atoms with Gasteiger partial charge in [-0.1, -0.05) is 26.2 Å². The molecule has 0 aromatic heterocycles. The van der Waals surface area contributed by atoms with Gasteiger partial charge in [0.2, 0.25) is 0 Å². The Morgan fingerprint density at radius 3 is 2.44 bits per heavy atom. The molecule has 0 bridgehead atoms. The van der Waals surface area contributed by atoms with Crippen LogP contribution in [0.2, 0.25) is 0 Å². The van der Waals surface area contributed by atoms with Gasteiger partial charge in [0.1, 0.15) is 0 Å². The Balaban J connectivity index is 2.01. The molecule has 0 heterocycles. The summed E-state index contributed by atoms with van der Waals surface area (Å²) in [6.07, 6.45) is 7.58. The average Bonchev–Trinajstić information content (AvgIpc) is 1.78. The van der Waals surface area contributed by atoms with Crippen LogP contribution >= 0.6 is 7.92 Å². The topological polar surface area (TPSA) is 0 Å². The van der Waals surface area contributed by atoms with E-state index in [1.807, 2.05) is 0 Å². The first kappa shape index (κ1) is 7.54. The summed E-state index contributed by atoms with van der Waals surface area (Å²) in [6, 6.07) is 0. The molecule has 1 fully saturated rings. The molecule has 1 saturated carbocycles. The summed E-state index contributed by atoms with van der Waals surface area (Å²) in [6.45, 7) is 4.76. The Morgan fingerprint density at radius 2 is 2.11 bits per heavy atom. The molecular weight excluding hydrogens is 127 g/mol. The van der Waals surface area contributed by atoms with Crippen LogP contribution in [0.15, 0.2) is 0 Å². The van der Waals surface area contributed by atoms with Crippen molar-refractivity contribution in [2.45, 2.75) is 26.2 Å². The Kier molecular flexibility index (Phi) is 2.98. The zero-order valence-electron chi connectivity index (χ0n) is 6.56. The molecular formula is C8H17P. The Bertz CT molecular complexity index is 73.9. The van der Waals surface area contributed by atoms with Crippen LogP contribution in [0.3, 0.4) is 0 Å². The van der Waals surface area contributed by atoms with Crippen LogP contribution in [-0.2, 0) is 0 Å². The molecule has 0 aliphatic heterocycles. The van der Waals surface area contributed by atoms with Gasteiger partial charge in [0.05, 0.1) is 0 Å². The molecule has 9 heavy (non-hydrogen) atoms. The summed E-state index contributed by atoms with van der Waals surface area (Å²) in [7, 11) is 0.428. The maximum Gasteiger partial charge on any atom is -0.0300 e. The maximum absolute atomic E-state index is 2.44. The van der Waals surface area contributed by atoms with Crippen LogP contribution in [0, 0.1) is 5.92 Å². The van der Waals surface area contributed by atoms with E-state index in [4.69, 9.17) is 0 Å². The molecule has 0 amide bonds. The van der Waals surface area contributed by atoms with Gasteiger partial charge in [-0.15, -0.1) is 7.92 Å². The molecule has 1 heteroatoms. The van der Waals surface area contributed by atoms with Crippen LogP contribution in [0.25, 0.3) is 0 Å². The van der Waals surface area contributed by atoms with E-state index in [9.17, 15) is 0 Å². The van der Waals surface area contributed by atoms with Gasteiger partial charge < -0.3 is 0 Å². The van der Waals surface area contributed by atoms with E-state index >= 15 is 0 Å². The zero-order valence-corrected chi connectivity index (χ0v) is 7.45. The lowest BCUT2D eigenvalue weighted by molar-refractivity contribution is 0.351. The van der Waals surface area contributed by atoms with Gasteiger partial charge in [-0.2, -0.15) is 0 Å². The van der Waals surface area contributed by atoms with E-state index < -0.39 is 0 Å². The molecule has 0 N–H and O–H groups in total. The van der Waals surface area contributed by atoms with Crippen molar-refractivity contribution in [3.05, 3.63) is 0 Å². The second-order valence-electron chi connectivity index (χ2n) is 3.15.